The fraction of sp³-hybridized carbons (Fsp3) is 0.222. The van der Waals surface area contributed by atoms with Crippen molar-refractivity contribution in [2.24, 2.45) is 0 Å². The largest absolute Gasteiger partial charge is 0.367 e. The summed E-state index contributed by atoms with van der Waals surface area (Å²) in [4.78, 5) is 29.3. The number of aryl methyl sites for hydroxylation is 2. The Kier molecular flexibility index (Phi) is 7.68. The Morgan fingerprint density at radius 3 is 2.29 bits per heavy atom. The van der Waals surface area contributed by atoms with Crippen LogP contribution in [0, 0.1) is 13.8 Å². The lowest BCUT2D eigenvalue weighted by molar-refractivity contribution is 0.0746. The van der Waals surface area contributed by atoms with Gasteiger partial charge in [0.25, 0.3) is 11.8 Å². The second kappa shape index (κ2) is 10.9. The Balaban J connectivity index is 1.33. The molecule has 3 aromatic rings. The molecule has 6 nitrogen and oxygen atoms in total. The molecule has 0 aliphatic carbocycles. The van der Waals surface area contributed by atoms with E-state index in [9.17, 15) is 9.59 Å². The summed E-state index contributed by atoms with van der Waals surface area (Å²) in [6.45, 7) is 6.51. The van der Waals surface area contributed by atoms with Crippen molar-refractivity contribution in [2.75, 3.05) is 36.4 Å². The molecule has 0 spiro atoms. The first-order valence-electron chi connectivity index (χ1n) is 11.4. The van der Waals surface area contributed by atoms with Crippen LogP contribution in [0.15, 0.2) is 66.7 Å². The third-order valence-corrected chi connectivity index (χ3v) is 6.49. The van der Waals surface area contributed by atoms with E-state index in [2.05, 4.69) is 15.5 Å². The van der Waals surface area contributed by atoms with Crippen LogP contribution in [0.25, 0.3) is 0 Å². The summed E-state index contributed by atoms with van der Waals surface area (Å²) in [5, 5.41) is 6.52. The van der Waals surface area contributed by atoms with Gasteiger partial charge in [-0.05, 0) is 68.0 Å². The smallest absolute Gasteiger partial charge is 0.257 e. The van der Waals surface area contributed by atoms with Crippen molar-refractivity contribution in [3.05, 3.63) is 94.0 Å². The van der Waals surface area contributed by atoms with Crippen LogP contribution in [-0.2, 0) is 0 Å². The lowest BCUT2D eigenvalue weighted by atomic mass is 10.1. The van der Waals surface area contributed by atoms with Gasteiger partial charge in [0.2, 0.25) is 0 Å². The minimum Gasteiger partial charge on any atom is -0.367 e. The molecule has 2 amide bonds. The molecule has 1 fully saturated rings. The molecule has 3 aromatic carbocycles. The quantitative estimate of drug-likeness (QED) is 0.485. The van der Waals surface area contributed by atoms with Crippen LogP contribution in [0.3, 0.4) is 0 Å². The number of carbonyl (C=O) groups excluding carboxylic acids is 2. The van der Waals surface area contributed by atoms with Crippen LogP contribution in [0.1, 0.15) is 31.8 Å². The second-order valence-electron chi connectivity index (χ2n) is 8.54. The predicted molar refractivity (Wildman–Crippen MR) is 146 cm³/mol. The number of amides is 2. The Hall–Kier alpha value is -3.42. The highest BCUT2D eigenvalue weighted by Gasteiger charge is 2.23. The maximum atomic E-state index is 12.7. The number of carbonyl (C=O) groups is 2. The van der Waals surface area contributed by atoms with Gasteiger partial charge >= 0.3 is 0 Å². The number of hydrogen-bond acceptors (Lipinski definition) is 4. The topological polar surface area (TPSA) is 64.7 Å². The van der Waals surface area contributed by atoms with Gasteiger partial charge in [-0.25, -0.2) is 0 Å². The molecule has 1 heterocycles. The van der Waals surface area contributed by atoms with Gasteiger partial charge in [-0.15, -0.1) is 0 Å². The third-order valence-electron chi connectivity index (χ3n) is 5.99. The molecular formula is C27H27ClN4O2S. The summed E-state index contributed by atoms with van der Waals surface area (Å²) in [6, 6.07) is 20.6. The van der Waals surface area contributed by atoms with Crippen molar-refractivity contribution < 1.29 is 9.59 Å². The lowest BCUT2D eigenvalue weighted by Crippen LogP contribution is -2.48. The van der Waals surface area contributed by atoms with Gasteiger partial charge in [-0.3, -0.25) is 14.9 Å². The summed E-state index contributed by atoms with van der Waals surface area (Å²) in [5.74, 6) is -0.210. The summed E-state index contributed by atoms with van der Waals surface area (Å²) in [6.07, 6.45) is 0. The molecular weight excluding hydrogens is 480 g/mol. The number of hydrogen-bond donors (Lipinski definition) is 2. The zero-order valence-electron chi connectivity index (χ0n) is 19.7. The van der Waals surface area contributed by atoms with Gasteiger partial charge in [-0.1, -0.05) is 47.5 Å². The van der Waals surface area contributed by atoms with Crippen molar-refractivity contribution in [1.82, 2.24) is 10.2 Å². The highest BCUT2D eigenvalue weighted by Crippen LogP contribution is 2.30. The zero-order valence-corrected chi connectivity index (χ0v) is 21.2. The van der Waals surface area contributed by atoms with E-state index in [1.54, 1.807) is 12.1 Å². The highest BCUT2D eigenvalue weighted by atomic mass is 35.5. The molecule has 0 radical (unpaired) electrons. The Labute approximate surface area is 215 Å². The fourth-order valence-electron chi connectivity index (χ4n) is 4.16. The highest BCUT2D eigenvalue weighted by molar-refractivity contribution is 7.80. The van der Waals surface area contributed by atoms with Crippen molar-refractivity contribution in [1.29, 1.82) is 0 Å². The SMILES string of the molecule is Cc1ccc(C(=O)NC(=S)Nc2ccc(N3CCN(C(=O)c4ccccc4)CC3)c(Cl)c2)c(C)c1. The van der Waals surface area contributed by atoms with E-state index in [0.717, 1.165) is 16.8 Å². The fourth-order valence-corrected chi connectivity index (χ4v) is 4.67. The van der Waals surface area contributed by atoms with E-state index in [-0.39, 0.29) is 16.9 Å². The maximum absolute atomic E-state index is 12.7. The van der Waals surface area contributed by atoms with Crippen LogP contribution in [-0.4, -0.2) is 48.0 Å². The first kappa shape index (κ1) is 24.7. The summed E-state index contributed by atoms with van der Waals surface area (Å²) >= 11 is 11.9. The van der Waals surface area contributed by atoms with E-state index in [4.69, 9.17) is 23.8 Å². The maximum Gasteiger partial charge on any atom is 0.257 e. The van der Waals surface area contributed by atoms with Crippen molar-refractivity contribution in [3.8, 4) is 0 Å². The first-order valence-corrected chi connectivity index (χ1v) is 12.2. The van der Waals surface area contributed by atoms with Gasteiger partial charge < -0.3 is 15.1 Å². The van der Waals surface area contributed by atoms with Crippen molar-refractivity contribution in [3.63, 3.8) is 0 Å². The van der Waals surface area contributed by atoms with Gasteiger partial charge in [0, 0.05) is 43.0 Å². The normalized spacial score (nSPS) is 13.3. The standard InChI is InChI=1S/C27H27ClN4O2S/c1-18-8-10-22(19(2)16-18)25(33)30-27(35)29-21-9-11-24(23(28)17-21)31-12-14-32(15-13-31)26(34)20-6-4-3-5-7-20/h3-11,16-17H,12-15H2,1-2H3,(H2,29,30,33,35). The predicted octanol–water partition coefficient (Wildman–Crippen LogP) is 5.05. The van der Waals surface area contributed by atoms with Crippen molar-refractivity contribution in [2.45, 2.75) is 13.8 Å². The molecule has 180 valence electrons. The minimum absolute atomic E-state index is 0.0484. The minimum atomic E-state index is -0.259. The van der Waals surface area contributed by atoms with Gasteiger partial charge in [0.05, 0.1) is 10.7 Å². The van der Waals surface area contributed by atoms with Crippen LogP contribution >= 0.6 is 23.8 Å². The molecule has 4 rings (SSSR count). The van der Waals surface area contributed by atoms with E-state index in [1.165, 1.54) is 0 Å². The summed E-state index contributed by atoms with van der Waals surface area (Å²) < 4.78 is 0. The third kappa shape index (κ3) is 5.99. The monoisotopic (exact) mass is 506 g/mol. The molecule has 0 atom stereocenters. The number of nitrogens with one attached hydrogen (secondary N) is 2. The van der Waals surface area contributed by atoms with Crippen molar-refractivity contribution >= 4 is 52.1 Å². The average Bonchev–Trinajstić information content (AvgIpc) is 2.84. The number of nitrogens with zero attached hydrogens (tertiary/aromatic N) is 2. The molecule has 0 bridgehead atoms. The summed E-state index contributed by atoms with van der Waals surface area (Å²) in [5.41, 5.74) is 4.85. The van der Waals surface area contributed by atoms with E-state index in [1.807, 2.05) is 73.3 Å². The van der Waals surface area contributed by atoms with E-state index < -0.39 is 0 Å². The zero-order chi connectivity index (χ0) is 24.9. The van der Waals surface area contributed by atoms with E-state index >= 15 is 0 Å². The Bertz CT molecular complexity index is 1260. The first-order chi connectivity index (χ1) is 16.8. The second-order valence-corrected chi connectivity index (χ2v) is 9.35. The Morgan fingerprint density at radius 1 is 0.914 bits per heavy atom. The molecule has 1 aliphatic rings. The number of halogens is 1. The van der Waals surface area contributed by atoms with Crippen LogP contribution < -0.4 is 15.5 Å². The number of thiocarbonyl (C=S) groups is 1. The van der Waals surface area contributed by atoms with Crippen LogP contribution in [0.2, 0.25) is 5.02 Å². The molecule has 1 aliphatic heterocycles. The Morgan fingerprint density at radius 2 is 1.63 bits per heavy atom. The molecule has 35 heavy (non-hydrogen) atoms. The molecule has 2 N–H and O–H groups in total. The van der Waals surface area contributed by atoms with Crippen LogP contribution in [0.4, 0.5) is 11.4 Å². The lowest BCUT2D eigenvalue weighted by Gasteiger charge is -2.36. The number of benzene rings is 3. The van der Waals surface area contributed by atoms with Gasteiger partial charge in [0.1, 0.15) is 0 Å². The molecule has 0 unspecified atom stereocenters. The average molecular weight is 507 g/mol. The number of piperazine rings is 1. The van der Waals surface area contributed by atoms with Gasteiger partial charge in [0.15, 0.2) is 5.11 Å². The van der Waals surface area contributed by atoms with Gasteiger partial charge in [-0.2, -0.15) is 0 Å². The summed E-state index contributed by atoms with van der Waals surface area (Å²) in [7, 11) is 0. The molecule has 0 aromatic heterocycles. The molecule has 1 saturated heterocycles. The number of rotatable bonds is 4. The number of anilines is 2. The van der Waals surface area contributed by atoms with Crippen LogP contribution in [0.5, 0.6) is 0 Å². The molecule has 0 saturated carbocycles. The van der Waals surface area contributed by atoms with E-state index in [0.29, 0.717) is 48.0 Å². The molecule has 8 heteroatoms.